The van der Waals surface area contributed by atoms with E-state index in [4.69, 9.17) is 9.47 Å². The highest BCUT2D eigenvalue weighted by molar-refractivity contribution is 5.26. The van der Waals surface area contributed by atoms with Gasteiger partial charge >= 0.3 is 12.0 Å². The Morgan fingerprint density at radius 1 is 1.05 bits per heavy atom. The SMILES string of the molecule is CCCOc1nc(NC)nc(OCCCC(C)C)n1. The molecule has 0 atom stereocenters. The summed E-state index contributed by atoms with van der Waals surface area (Å²) in [6.07, 6.45) is 3.03. The van der Waals surface area contributed by atoms with E-state index in [1.165, 1.54) is 0 Å². The number of nitrogens with zero attached hydrogens (tertiary/aromatic N) is 3. The Bertz CT molecular complexity index is 372. The molecule has 108 valence electrons. The van der Waals surface area contributed by atoms with Gasteiger partial charge in [0.05, 0.1) is 13.2 Å². The largest absolute Gasteiger partial charge is 0.463 e. The van der Waals surface area contributed by atoms with Gasteiger partial charge in [-0.2, -0.15) is 9.97 Å². The monoisotopic (exact) mass is 268 g/mol. The summed E-state index contributed by atoms with van der Waals surface area (Å²) in [7, 11) is 1.75. The van der Waals surface area contributed by atoms with Crippen molar-refractivity contribution in [2.45, 2.75) is 40.0 Å². The van der Waals surface area contributed by atoms with Crippen LogP contribution in [-0.4, -0.2) is 35.2 Å². The zero-order valence-electron chi connectivity index (χ0n) is 12.3. The smallest absolute Gasteiger partial charge is 0.324 e. The van der Waals surface area contributed by atoms with Gasteiger partial charge in [0.1, 0.15) is 0 Å². The molecular formula is C13H24N4O2. The van der Waals surface area contributed by atoms with Crippen LogP contribution in [0.3, 0.4) is 0 Å². The first-order valence-corrected chi connectivity index (χ1v) is 6.85. The highest BCUT2D eigenvalue weighted by Gasteiger charge is 2.07. The van der Waals surface area contributed by atoms with Gasteiger partial charge in [-0.3, -0.25) is 0 Å². The highest BCUT2D eigenvalue weighted by atomic mass is 16.5. The second kappa shape index (κ2) is 8.50. The predicted molar refractivity (Wildman–Crippen MR) is 74.7 cm³/mol. The van der Waals surface area contributed by atoms with Crippen LogP contribution in [0.15, 0.2) is 0 Å². The minimum absolute atomic E-state index is 0.306. The van der Waals surface area contributed by atoms with E-state index >= 15 is 0 Å². The third kappa shape index (κ3) is 6.22. The molecule has 6 nitrogen and oxygen atoms in total. The molecule has 0 aliphatic rings. The van der Waals surface area contributed by atoms with E-state index in [0.29, 0.717) is 37.1 Å². The first-order valence-electron chi connectivity index (χ1n) is 6.85. The quantitative estimate of drug-likeness (QED) is 0.694. The number of hydrogen-bond donors (Lipinski definition) is 1. The fraction of sp³-hybridized carbons (Fsp3) is 0.769. The first kappa shape index (κ1) is 15.5. The van der Waals surface area contributed by atoms with Crippen molar-refractivity contribution in [2.24, 2.45) is 5.92 Å². The van der Waals surface area contributed by atoms with Crippen molar-refractivity contribution in [3.05, 3.63) is 0 Å². The van der Waals surface area contributed by atoms with Crippen LogP contribution in [0.5, 0.6) is 12.0 Å². The lowest BCUT2D eigenvalue weighted by atomic mass is 10.1. The van der Waals surface area contributed by atoms with Crippen LogP contribution < -0.4 is 14.8 Å². The lowest BCUT2D eigenvalue weighted by Gasteiger charge is -2.09. The van der Waals surface area contributed by atoms with Gasteiger partial charge in [-0.25, -0.2) is 0 Å². The molecule has 0 saturated heterocycles. The fourth-order valence-corrected chi connectivity index (χ4v) is 1.43. The van der Waals surface area contributed by atoms with E-state index in [0.717, 1.165) is 19.3 Å². The summed E-state index contributed by atoms with van der Waals surface area (Å²) < 4.78 is 10.9. The Morgan fingerprint density at radius 2 is 1.68 bits per heavy atom. The van der Waals surface area contributed by atoms with Crippen molar-refractivity contribution in [1.82, 2.24) is 15.0 Å². The average Bonchev–Trinajstić information content (AvgIpc) is 2.41. The van der Waals surface area contributed by atoms with Crippen LogP contribution in [-0.2, 0) is 0 Å². The number of ether oxygens (including phenoxy) is 2. The summed E-state index contributed by atoms with van der Waals surface area (Å²) in [5.74, 6) is 1.14. The van der Waals surface area contributed by atoms with Crippen molar-refractivity contribution < 1.29 is 9.47 Å². The normalized spacial score (nSPS) is 10.6. The van der Waals surface area contributed by atoms with Crippen molar-refractivity contribution >= 4 is 5.95 Å². The molecule has 0 bridgehead atoms. The minimum Gasteiger partial charge on any atom is -0.463 e. The molecule has 1 rings (SSSR count). The average molecular weight is 268 g/mol. The van der Waals surface area contributed by atoms with E-state index in [9.17, 15) is 0 Å². The zero-order chi connectivity index (χ0) is 14.1. The van der Waals surface area contributed by atoms with Crippen LogP contribution >= 0.6 is 0 Å². The molecule has 0 aromatic carbocycles. The lowest BCUT2D eigenvalue weighted by Crippen LogP contribution is -2.08. The zero-order valence-corrected chi connectivity index (χ0v) is 12.3. The lowest BCUT2D eigenvalue weighted by molar-refractivity contribution is 0.254. The third-order valence-electron chi connectivity index (χ3n) is 2.41. The standard InChI is InChI=1S/C13H24N4O2/c1-5-8-18-12-15-11(14-4)16-13(17-12)19-9-6-7-10(2)3/h10H,5-9H2,1-4H3,(H,14,15,16,17). The molecule has 0 saturated carbocycles. The van der Waals surface area contributed by atoms with Crippen LogP contribution in [0.1, 0.15) is 40.0 Å². The van der Waals surface area contributed by atoms with Crippen molar-refractivity contribution in [3.63, 3.8) is 0 Å². The summed E-state index contributed by atoms with van der Waals surface area (Å²) >= 11 is 0. The highest BCUT2D eigenvalue weighted by Crippen LogP contribution is 2.13. The van der Waals surface area contributed by atoms with Gasteiger partial charge in [0.15, 0.2) is 0 Å². The summed E-state index contributed by atoms with van der Waals surface area (Å²) in [6.45, 7) is 7.61. The number of rotatable bonds is 9. The molecule has 0 fully saturated rings. The fourth-order valence-electron chi connectivity index (χ4n) is 1.43. The minimum atomic E-state index is 0.306. The van der Waals surface area contributed by atoms with Crippen LogP contribution in [0.4, 0.5) is 5.95 Å². The van der Waals surface area contributed by atoms with Gasteiger partial charge < -0.3 is 14.8 Å². The Kier molecular flexibility index (Phi) is 6.92. The Labute approximate surface area is 115 Å². The summed E-state index contributed by atoms with van der Waals surface area (Å²) in [6, 6.07) is 0.620. The molecule has 1 aromatic rings. The Hall–Kier alpha value is -1.59. The topological polar surface area (TPSA) is 69.2 Å². The number of hydrogen-bond acceptors (Lipinski definition) is 6. The second-order valence-corrected chi connectivity index (χ2v) is 4.71. The number of anilines is 1. The molecule has 0 aliphatic heterocycles. The van der Waals surface area contributed by atoms with Crippen molar-refractivity contribution in [1.29, 1.82) is 0 Å². The predicted octanol–water partition coefficient (Wildman–Crippen LogP) is 2.52. The summed E-state index contributed by atoms with van der Waals surface area (Å²) in [5, 5.41) is 2.87. The second-order valence-electron chi connectivity index (χ2n) is 4.71. The number of nitrogens with one attached hydrogen (secondary N) is 1. The third-order valence-corrected chi connectivity index (χ3v) is 2.41. The molecule has 0 radical (unpaired) electrons. The molecule has 19 heavy (non-hydrogen) atoms. The molecule has 0 aliphatic carbocycles. The van der Waals surface area contributed by atoms with Gasteiger partial charge in [-0.15, -0.1) is 4.98 Å². The van der Waals surface area contributed by atoms with Crippen LogP contribution in [0.2, 0.25) is 0 Å². The van der Waals surface area contributed by atoms with E-state index in [2.05, 4.69) is 34.1 Å². The maximum Gasteiger partial charge on any atom is 0.324 e. The molecular weight excluding hydrogens is 244 g/mol. The van der Waals surface area contributed by atoms with Crippen LogP contribution in [0, 0.1) is 5.92 Å². The van der Waals surface area contributed by atoms with Gasteiger partial charge in [0.25, 0.3) is 0 Å². The summed E-state index contributed by atoms with van der Waals surface area (Å²) in [4.78, 5) is 12.4. The maximum absolute atomic E-state index is 5.54. The molecule has 0 spiro atoms. The number of aromatic nitrogens is 3. The first-order chi connectivity index (χ1) is 9.15. The molecule has 0 amide bonds. The maximum atomic E-state index is 5.54. The molecule has 1 N–H and O–H groups in total. The Balaban J connectivity index is 2.55. The van der Waals surface area contributed by atoms with Gasteiger partial charge in [0, 0.05) is 7.05 Å². The van der Waals surface area contributed by atoms with E-state index < -0.39 is 0 Å². The molecule has 1 heterocycles. The molecule has 0 unspecified atom stereocenters. The van der Waals surface area contributed by atoms with Gasteiger partial charge in [-0.1, -0.05) is 20.8 Å². The van der Waals surface area contributed by atoms with Gasteiger partial charge in [0.2, 0.25) is 5.95 Å². The molecule has 6 heteroatoms. The van der Waals surface area contributed by atoms with Crippen LogP contribution in [0.25, 0.3) is 0 Å². The van der Waals surface area contributed by atoms with Crippen molar-refractivity contribution in [3.8, 4) is 12.0 Å². The summed E-state index contributed by atoms with van der Waals surface area (Å²) in [5.41, 5.74) is 0. The van der Waals surface area contributed by atoms with Gasteiger partial charge in [-0.05, 0) is 25.2 Å². The molecule has 1 aromatic heterocycles. The van der Waals surface area contributed by atoms with E-state index in [1.54, 1.807) is 7.05 Å². The van der Waals surface area contributed by atoms with E-state index in [-0.39, 0.29) is 0 Å². The van der Waals surface area contributed by atoms with E-state index in [1.807, 2.05) is 6.92 Å². The van der Waals surface area contributed by atoms with Crippen molar-refractivity contribution in [2.75, 3.05) is 25.6 Å². The Morgan fingerprint density at radius 3 is 2.21 bits per heavy atom.